The molecule has 1 saturated heterocycles. The zero-order valence-electron chi connectivity index (χ0n) is 14.4. The lowest BCUT2D eigenvalue weighted by atomic mass is 10.2. The first kappa shape index (κ1) is 16.6. The molecule has 0 amide bonds. The number of morpholine rings is 1. The van der Waals surface area contributed by atoms with Crippen LogP contribution in [0, 0.1) is 0 Å². The van der Waals surface area contributed by atoms with Crippen LogP contribution in [0.4, 0.5) is 11.4 Å². The quantitative estimate of drug-likeness (QED) is 0.779. The molecular formula is C16H30N2OSi2. The van der Waals surface area contributed by atoms with Crippen molar-refractivity contribution < 1.29 is 4.74 Å². The Balaban J connectivity index is 2.23. The van der Waals surface area contributed by atoms with Crippen molar-refractivity contribution >= 4 is 27.8 Å². The van der Waals surface area contributed by atoms with Gasteiger partial charge in [-0.05, 0) is 24.3 Å². The van der Waals surface area contributed by atoms with Gasteiger partial charge in [0.15, 0.2) is 0 Å². The van der Waals surface area contributed by atoms with Crippen molar-refractivity contribution in [1.29, 1.82) is 0 Å². The van der Waals surface area contributed by atoms with Crippen LogP contribution in [0.2, 0.25) is 39.3 Å². The lowest BCUT2D eigenvalue weighted by molar-refractivity contribution is 0.122. The first-order chi connectivity index (χ1) is 9.69. The molecule has 2 rings (SSSR count). The average Bonchev–Trinajstić information content (AvgIpc) is 2.37. The molecular weight excluding hydrogens is 292 g/mol. The molecule has 21 heavy (non-hydrogen) atoms. The van der Waals surface area contributed by atoms with Gasteiger partial charge in [0.2, 0.25) is 0 Å². The van der Waals surface area contributed by atoms with Crippen molar-refractivity contribution in [3.05, 3.63) is 24.3 Å². The molecule has 0 radical (unpaired) electrons. The molecule has 1 fully saturated rings. The van der Waals surface area contributed by atoms with E-state index in [-0.39, 0.29) is 0 Å². The fourth-order valence-electron chi connectivity index (χ4n) is 3.41. The normalized spacial score (nSPS) is 17.0. The molecule has 5 heteroatoms. The van der Waals surface area contributed by atoms with Crippen LogP contribution in [-0.4, -0.2) is 42.8 Å². The van der Waals surface area contributed by atoms with E-state index >= 15 is 0 Å². The van der Waals surface area contributed by atoms with E-state index in [9.17, 15) is 0 Å². The third-order valence-corrected chi connectivity index (χ3v) is 11.1. The van der Waals surface area contributed by atoms with Crippen LogP contribution in [0.15, 0.2) is 24.3 Å². The highest BCUT2D eigenvalue weighted by atomic mass is 28.4. The molecule has 0 saturated carbocycles. The predicted molar refractivity (Wildman–Crippen MR) is 98.6 cm³/mol. The first-order valence-electron chi connectivity index (χ1n) is 7.93. The van der Waals surface area contributed by atoms with Crippen LogP contribution in [0.5, 0.6) is 0 Å². The Hall–Kier alpha value is -0.786. The van der Waals surface area contributed by atoms with Crippen LogP contribution in [0.1, 0.15) is 0 Å². The maximum absolute atomic E-state index is 5.43. The van der Waals surface area contributed by atoms with Crippen molar-refractivity contribution in [2.75, 3.05) is 35.4 Å². The topological polar surface area (TPSA) is 15.7 Å². The van der Waals surface area contributed by atoms with E-state index in [0.717, 1.165) is 26.3 Å². The zero-order chi connectivity index (χ0) is 15.7. The van der Waals surface area contributed by atoms with E-state index in [1.54, 1.807) is 0 Å². The Bertz CT molecular complexity index is 443. The molecule has 1 aliphatic rings. The highest BCUT2D eigenvalue weighted by Gasteiger charge is 2.34. The first-order valence-corrected chi connectivity index (χ1v) is 14.8. The minimum absolute atomic E-state index is 0.845. The number of benzene rings is 1. The number of hydrogen-bond acceptors (Lipinski definition) is 3. The molecule has 1 aromatic carbocycles. The summed E-state index contributed by atoms with van der Waals surface area (Å²) in [5.41, 5.74) is 2.73. The number of anilines is 2. The van der Waals surface area contributed by atoms with Gasteiger partial charge in [0.25, 0.3) is 0 Å². The van der Waals surface area contributed by atoms with Gasteiger partial charge in [-0.3, -0.25) is 0 Å². The summed E-state index contributed by atoms with van der Waals surface area (Å²) in [6.07, 6.45) is 0. The molecule has 0 aromatic heterocycles. The molecule has 1 aromatic rings. The summed E-state index contributed by atoms with van der Waals surface area (Å²) >= 11 is 0. The fraction of sp³-hybridized carbons (Fsp3) is 0.625. The largest absolute Gasteiger partial charge is 0.425 e. The second-order valence-corrected chi connectivity index (χ2v) is 17.8. The van der Waals surface area contributed by atoms with Gasteiger partial charge in [-0.2, -0.15) is 0 Å². The van der Waals surface area contributed by atoms with Crippen LogP contribution >= 0.6 is 0 Å². The molecule has 1 aliphatic heterocycles. The summed E-state index contributed by atoms with van der Waals surface area (Å²) in [6, 6.07) is 9.21. The van der Waals surface area contributed by atoms with Gasteiger partial charge in [0.1, 0.15) is 16.5 Å². The Labute approximate surface area is 132 Å². The van der Waals surface area contributed by atoms with Crippen LogP contribution in [0.25, 0.3) is 0 Å². The number of hydrogen-bond donors (Lipinski definition) is 0. The van der Waals surface area contributed by atoms with Crippen molar-refractivity contribution in [2.24, 2.45) is 0 Å². The highest BCUT2D eigenvalue weighted by Crippen LogP contribution is 2.30. The molecule has 0 N–H and O–H groups in total. The third-order valence-electron chi connectivity index (χ3n) is 3.83. The van der Waals surface area contributed by atoms with Gasteiger partial charge in [-0.25, -0.2) is 0 Å². The molecule has 0 aliphatic carbocycles. The lowest BCUT2D eigenvalue weighted by Crippen LogP contribution is -2.59. The molecule has 118 valence electrons. The molecule has 0 unspecified atom stereocenters. The van der Waals surface area contributed by atoms with Gasteiger partial charge in [0.05, 0.1) is 13.2 Å². The van der Waals surface area contributed by atoms with Gasteiger partial charge < -0.3 is 13.9 Å². The maximum Gasteiger partial charge on any atom is 0.138 e. The maximum atomic E-state index is 5.43. The third kappa shape index (κ3) is 4.11. The Morgan fingerprint density at radius 2 is 1.33 bits per heavy atom. The summed E-state index contributed by atoms with van der Waals surface area (Å²) in [5, 5.41) is 0. The van der Waals surface area contributed by atoms with Gasteiger partial charge >= 0.3 is 0 Å². The summed E-state index contributed by atoms with van der Waals surface area (Å²) in [5.74, 6) is 0. The Morgan fingerprint density at radius 3 is 1.76 bits per heavy atom. The molecule has 0 atom stereocenters. The average molecular weight is 323 g/mol. The van der Waals surface area contributed by atoms with Gasteiger partial charge in [-0.15, -0.1) is 0 Å². The minimum atomic E-state index is -1.36. The number of rotatable bonds is 4. The van der Waals surface area contributed by atoms with Crippen molar-refractivity contribution in [2.45, 2.75) is 39.3 Å². The number of ether oxygens (including phenoxy) is 1. The van der Waals surface area contributed by atoms with E-state index in [2.05, 4.69) is 72.7 Å². The number of nitrogens with zero attached hydrogens (tertiary/aromatic N) is 2. The molecule has 3 nitrogen and oxygen atoms in total. The Morgan fingerprint density at radius 1 is 0.857 bits per heavy atom. The van der Waals surface area contributed by atoms with Crippen molar-refractivity contribution in [1.82, 2.24) is 0 Å². The van der Waals surface area contributed by atoms with Crippen LogP contribution in [0.3, 0.4) is 0 Å². The molecule has 0 bridgehead atoms. The second kappa shape index (κ2) is 6.14. The Kier molecular flexibility index (Phi) is 4.85. The summed E-state index contributed by atoms with van der Waals surface area (Å²) in [4.78, 5) is 2.42. The van der Waals surface area contributed by atoms with Gasteiger partial charge in [-0.1, -0.05) is 39.3 Å². The smallest absolute Gasteiger partial charge is 0.138 e. The van der Waals surface area contributed by atoms with Gasteiger partial charge in [0, 0.05) is 24.5 Å². The summed E-state index contributed by atoms with van der Waals surface area (Å²) in [7, 11) is -2.72. The van der Waals surface area contributed by atoms with Crippen LogP contribution < -0.4 is 9.13 Å². The van der Waals surface area contributed by atoms with E-state index in [1.807, 2.05) is 0 Å². The predicted octanol–water partition coefficient (Wildman–Crippen LogP) is 4.00. The van der Waals surface area contributed by atoms with E-state index in [4.69, 9.17) is 4.74 Å². The highest BCUT2D eigenvalue weighted by molar-refractivity contribution is 6.99. The molecule has 1 heterocycles. The lowest BCUT2D eigenvalue weighted by Gasteiger charge is -2.46. The SMILES string of the molecule is C[Si](C)(C)N(c1ccc(N2CCOCC2)cc1)[Si](C)(C)C. The monoisotopic (exact) mass is 322 g/mol. The summed E-state index contributed by atoms with van der Waals surface area (Å²) in [6.45, 7) is 18.4. The van der Waals surface area contributed by atoms with Crippen LogP contribution in [-0.2, 0) is 4.74 Å². The van der Waals surface area contributed by atoms with E-state index in [0.29, 0.717) is 0 Å². The van der Waals surface area contributed by atoms with E-state index < -0.39 is 16.5 Å². The fourth-order valence-corrected chi connectivity index (χ4v) is 13.3. The summed E-state index contributed by atoms with van der Waals surface area (Å²) < 4.78 is 8.20. The minimum Gasteiger partial charge on any atom is -0.425 e. The van der Waals surface area contributed by atoms with Crippen molar-refractivity contribution in [3.8, 4) is 0 Å². The van der Waals surface area contributed by atoms with Crippen molar-refractivity contribution in [3.63, 3.8) is 0 Å². The second-order valence-electron chi connectivity index (χ2n) is 7.79. The zero-order valence-corrected chi connectivity index (χ0v) is 16.4. The van der Waals surface area contributed by atoms with E-state index in [1.165, 1.54) is 11.4 Å². The molecule has 0 spiro atoms. The standard InChI is InChI=1S/C16H30N2OSi2/c1-20(2,3)18(21(4,5)6)16-9-7-15(8-10-16)17-11-13-19-14-12-17/h7-10H,11-14H2,1-6H3.